The van der Waals surface area contributed by atoms with Gasteiger partial charge in [0.2, 0.25) is 0 Å². The number of amides is 1. The highest BCUT2D eigenvalue weighted by Crippen LogP contribution is 2.38. The molecule has 0 radical (unpaired) electrons. The van der Waals surface area contributed by atoms with Crippen molar-refractivity contribution in [2.75, 3.05) is 48.6 Å². The van der Waals surface area contributed by atoms with Gasteiger partial charge in [0.15, 0.2) is 4.80 Å². The molecule has 10 nitrogen and oxygen atoms in total. The van der Waals surface area contributed by atoms with E-state index in [4.69, 9.17) is 28.7 Å². The number of rotatable bonds is 10. The number of ether oxygens (including phenoxy) is 5. The first-order valence-corrected chi connectivity index (χ1v) is 13.9. The van der Waals surface area contributed by atoms with E-state index in [1.165, 1.54) is 25.6 Å². The minimum Gasteiger partial charge on any atom is -0.497 e. The van der Waals surface area contributed by atoms with Crippen molar-refractivity contribution >= 4 is 23.3 Å². The van der Waals surface area contributed by atoms with E-state index in [2.05, 4.69) is 0 Å². The Morgan fingerprint density at radius 2 is 1.54 bits per heavy atom. The maximum absolute atomic E-state index is 14.2. The SMILES string of the molecule is CCN(CC)C(=O)C1=C(C)N=c2s/c(=C/c3c(OC)cc(OC)cc3OC)c(=O)n2[C@H]1c1cc(OC)ccc1OC. The Bertz CT molecular complexity index is 1640. The van der Waals surface area contributed by atoms with Gasteiger partial charge in [-0.05, 0) is 45.0 Å². The fourth-order valence-corrected chi connectivity index (χ4v) is 5.96. The van der Waals surface area contributed by atoms with Crippen LogP contribution in [0.1, 0.15) is 37.9 Å². The Morgan fingerprint density at radius 3 is 2.07 bits per heavy atom. The minimum atomic E-state index is -0.800. The average Bonchev–Trinajstić information content (AvgIpc) is 3.30. The van der Waals surface area contributed by atoms with Crippen molar-refractivity contribution in [1.82, 2.24) is 9.47 Å². The topological polar surface area (TPSA) is 101 Å². The van der Waals surface area contributed by atoms with E-state index >= 15 is 0 Å². The Morgan fingerprint density at radius 1 is 0.927 bits per heavy atom. The second-order valence-electron chi connectivity index (χ2n) is 9.11. The molecular weight excluding hydrogens is 546 g/mol. The maximum Gasteiger partial charge on any atom is 0.271 e. The van der Waals surface area contributed by atoms with E-state index in [1.807, 2.05) is 13.8 Å². The van der Waals surface area contributed by atoms with Crippen molar-refractivity contribution in [2.24, 2.45) is 4.99 Å². The number of carbonyl (C=O) groups is 1. The third-order valence-electron chi connectivity index (χ3n) is 7.06. The molecule has 0 N–H and O–H groups in total. The van der Waals surface area contributed by atoms with Crippen LogP contribution in [-0.4, -0.2) is 64.0 Å². The predicted molar refractivity (Wildman–Crippen MR) is 157 cm³/mol. The van der Waals surface area contributed by atoms with E-state index in [0.717, 1.165) is 0 Å². The summed E-state index contributed by atoms with van der Waals surface area (Å²) in [6, 6.07) is 7.99. The molecule has 1 amide bonds. The third-order valence-corrected chi connectivity index (χ3v) is 8.05. The number of aromatic nitrogens is 1. The fourth-order valence-electron chi connectivity index (χ4n) is 4.93. The normalized spacial score (nSPS) is 14.7. The number of hydrogen-bond donors (Lipinski definition) is 0. The number of benzene rings is 2. The molecule has 0 saturated carbocycles. The molecule has 0 bridgehead atoms. The standard InChI is InChI=1S/C30H35N3O7S/c1-9-32(10-2)29(35)26-17(3)31-30-33(27(26)21-13-18(36-4)11-12-22(21)38-6)28(34)25(41-30)16-20-23(39-7)14-19(37-5)15-24(20)40-8/h11-16,27H,9-10H2,1-8H3/b25-16+/t27-/m0/s1. The second kappa shape index (κ2) is 12.5. The molecule has 11 heteroatoms. The number of thiazole rings is 1. The highest BCUT2D eigenvalue weighted by atomic mass is 32.1. The molecular formula is C30H35N3O7S. The van der Waals surface area contributed by atoms with Crippen LogP contribution in [0.2, 0.25) is 0 Å². The molecule has 0 aliphatic carbocycles. The first-order chi connectivity index (χ1) is 19.8. The minimum absolute atomic E-state index is 0.195. The molecule has 2 heterocycles. The van der Waals surface area contributed by atoms with Gasteiger partial charge < -0.3 is 28.6 Å². The number of carbonyl (C=O) groups excluding carboxylic acids is 1. The van der Waals surface area contributed by atoms with Crippen molar-refractivity contribution < 1.29 is 28.5 Å². The van der Waals surface area contributed by atoms with Crippen molar-refractivity contribution in [3.05, 3.63) is 72.4 Å². The summed E-state index contributed by atoms with van der Waals surface area (Å²) in [4.78, 5) is 35.1. The lowest BCUT2D eigenvalue weighted by molar-refractivity contribution is -0.127. The summed E-state index contributed by atoms with van der Waals surface area (Å²) < 4.78 is 29.7. The van der Waals surface area contributed by atoms with E-state index in [9.17, 15) is 9.59 Å². The molecule has 0 fully saturated rings. The maximum atomic E-state index is 14.2. The summed E-state index contributed by atoms with van der Waals surface area (Å²) in [6.45, 7) is 6.65. The monoisotopic (exact) mass is 581 g/mol. The van der Waals surface area contributed by atoms with Gasteiger partial charge in [-0.2, -0.15) is 0 Å². The summed E-state index contributed by atoms with van der Waals surface area (Å²) in [5.74, 6) is 2.40. The average molecular weight is 582 g/mol. The van der Waals surface area contributed by atoms with Gasteiger partial charge >= 0.3 is 0 Å². The molecule has 1 aliphatic rings. The van der Waals surface area contributed by atoms with Crippen LogP contribution in [0.25, 0.3) is 6.08 Å². The van der Waals surface area contributed by atoms with Gasteiger partial charge in [0.05, 0.1) is 56.9 Å². The number of allylic oxidation sites excluding steroid dienone is 1. The molecule has 4 rings (SSSR count). The quantitative estimate of drug-likeness (QED) is 0.363. The molecule has 2 aromatic carbocycles. The van der Waals surface area contributed by atoms with Crippen molar-refractivity contribution in [2.45, 2.75) is 26.8 Å². The number of fused-ring (bicyclic) bond motifs is 1. The van der Waals surface area contributed by atoms with E-state index < -0.39 is 6.04 Å². The number of hydrogen-bond acceptors (Lipinski definition) is 9. The van der Waals surface area contributed by atoms with Crippen LogP contribution in [0.4, 0.5) is 0 Å². The van der Waals surface area contributed by atoms with Crippen LogP contribution < -0.4 is 38.6 Å². The van der Waals surface area contributed by atoms with E-state index in [-0.39, 0.29) is 11.5 Å². The highest BCUT2D eigenvalue weighted by molar-refractivity contribution is 7.07. The first kappa shape index (κ1) is 29.7. The summed E-state index contributed by atoms with van der Waals surface area (Å²) in [5.41, 5.74) is 1.81. The van der Waals surface area contributed by atoms with Crippen LogP contribution >= 0.6 is 11.3 Å². The largest absolute Gasteiger partial charge is 0.497 e. The molecule has 0 unspecified atom stereocenters. The summed E-state index contributed by atoms with van der Waals surface area (Å²) in [6.07, 6.45) is 1.71. The van der Waals surface area contributed by atoms with Gasteiger partial charge in [-0.15, -0.1) is 0 Å². The van der Waals surface area contributed by atoms with Gasteiger partial charge in [0.1, 0.15) is 34.8 Å². The lowest BCUT2D eigenvalue weighted by Gasteiger charge is -2.30. The summed E-state index contributed by atoms with van der Waals surface area (Å²) in [7, 11) is 7.75. The third kappa shape index (κ3) is 5.41. The van der Waals surface area contributed by atoms with Gasteiger partial charge in [0.25, 0.3) is 11.5 Å². The van der Waals surface area contributed by atoms with Crippen LogP contribution in [0.5, 0.6) is 28.7 Å². The molecule has 1 aliphatic heterocycles. The van der Waals surface area contributed by atoms with Crippen LogP contribution in [-0.2, 0) is 4.79 Å². The van der Waals surface area contributed by atoms with Crippen LogP contribution in [0, 0.1) is 0 Å². The Balaban J connectivity index is 2.06. The van der Waals surface area contributed by atoms with Gasteiger partial charge in [-0.3, -0.25) is 14.2 Å². The lowest BCUT2D eigenvalue weighted by Crippen LogP contribution is -2.43. The van der Waals surface area contributed by atoms with Crippen molar-refractivity contribution in [3.63, 3.8) is 0 Å². The van der Waals surface area contributed by atoms with Crippen molar-refractivity contribution in [3.8, 4) is 28.7 Å². The molecule has 218 valence electrons. The molecule has 1 atom stereocenters. The zero-order chi connectivity index (χ0) is 29.8. The number of methoxy groups -OCH3 is 5. The predicted octanol–water partition coefficient (Wildman–Crippen LogP) is 3.15. The lowest BCUT2D eigenvalue weighted by atomic mass is 9.93. The van der Waals surface area contributed by atoms with Gasteiger partial charge in [-0.25, -0.2) is 4.99 Å². The molecule has 41 heavy (non-hydrogen) atoms. The summed E-state index contributed by atoms with van der Waals surface area (Å²) >= 11 is 1.22. The fraction of sp³-hybridized carbons (Fsp3) is 0.367. The molecule has 1 aromatic heterocycles. The highest BCUT2D eigenvalue weighted by Gasteiger charge is 2.36. The molecule has 3 aromatic rings. The summed E-state index contributed by atoms with van der Waals surface area (Å²) in [5, 5.41) is 0. The Labute approximate surface area is 242 Å². The number of nitrogens with zero attached hydrogens (tertiary/aromatic N) is 3. The zero-order valence-corrected chi connectivity index (χ0v) is 25.4. The zero-order valence-electron chi connectivity index (χ0n) is 24.6. The Kier molecular flexibility index (Phi) is 9.07. The van der Waals surface area contributed by atoms with Crippen LogP contribution in [0.15, 0.2) is 51.4 Å². The smallest absolute Gasteiger partial charge is 0.271 e. The van der Waals surface area contributed by atoms with Gasteiger partial charge in [-0.1, -0.05) is 11.3 Å². The first-order valence-electron chi connectivity index (χ1n) is 13.1. The van der Waals surface area contributed by atoms with Crippen LogP contribution in [0.3, 0.4) is 0 Å². The number of likely N-dealkylation sites (N-methyl/N-ethyl adjacent to an activating group) is 1. The van der Waals surface area contributed by atoms with E-state index in [1.54, 1.807) is 74.1 Å². The molecule has 0 spiro atoms. The van der Waals surface area contributed by atoms with Gasteiger partial charge in [0, 0.05) is 30.8 Å². The Hall–Kier alpha value is -4.25. The second-order valence-corrected chi connectivity index (χ2v) is 10.1. The molecule has 0 saturated heterocycles. The van der Waals surface area contributed by atoms with Crippen molar-refractivity contribution in [1.29, 1.82) is 0 Å². The van der Waals surface area contributed by atoms with E-state index in [0.29, 0.717) is 73.6 Å².